The Morgan fingerprint density at radius 3 is 2.88 bits per heavy atom. The van der Waals surface area contributed by atoms with Crippen molar-refractivity contribution in [2.75, 3.05) is 6.61 Å². The molecule has 5 nitrogen and oxygen atoms in total. The molecule has 0 amide bonds. The van der Waals surface area contributed by atoms with Crippen LogP contribution in [0.5, 0.6) is 11.7 Å². The lowest BCUT2D eigenvalue weighted by Crippen LogP contribution is -2.09. The van der Waals surface area contributed by atoms with Crippen molar-refractivity contribution in [1.29, 1.82) is 0 Å². The van der Waals surface area contributed by atoms with Crippen LogP contribution in [-0.4, -0.2) is 17.9 Å². The number of ether oxygens (including phenoxy) is 2. The van der Waals surface area contributed by atoms with E-state index in [1.807, 2.05) is 0 Å². The first-order valence-corrected chi connectivity index (χ1v) is 4.77. The lowest BCUT2D eigenvalue weighted by Gasteiger charge is -1.99. The molecule has 0 aliphatic carbocycles. The van der Waals surface area contributed by atoms with Crippen molar-refractivity contribution in [2.45, 2.75) is 6.92 Å². The zero-order valence-corrected chi connectivity index (χ0v) is 8.60. The van der Waals surface area contributed by atoms with Crippen molar-refractivity contribution in [2.24, 2.45) is 0 Å². The average Bonchev–Trinajstić information content (AvgIpc) is 2.57. The van der Waals surface area contributed by atoms with Gasteiger partial charge in [-0.15, -0.1) is 0 Å². The Hall–Kier alpha value is -2.17. The van der Waals surface area contributed by atoms with Crippen LogP contribution in [0.4, 0.5) is 4.79 Å². The van der Waals surface area contributed by atoms with Crippen molar-refractivity contribution < 1.29 is 23.8 Å². The van der Waals surface area contributed by atoms with Crippen molar-refractivity contribution in [3.63, 3.8) is 0 Å². The third kappa shape index (κ3) is 1.79. The second-order valence-electron chi connectivity index (χ2n) is 3.02. The van der Waals surface area contributed by atoms with Gasteiger partial charge < -0.3 is 19.0 Å². The molecule has 0 radical (unpaired) electrons. The second-order valence-corrected chi connectivity index (χ2v) is 3.02. The summed E-state index contributed by atoms with van der Waals surface area (Å²) >= 11 is 0. The van der Waals surface area contributed by atoms with Gasteiger partial charge in [0.25, 0.3) is 0 Å². The Bertz CT molecular complexity index is 514. The molecule has 1 aromatic carbocycles. The molecule has 1 aromatic heterocycles. The van der Waals surface area contributed by atoms with Gasteiger partial charge in [-0.05, 0) is 19.1 Å². The summed E-state index contributed by atoms with van der Waals surface area (Å²) < 4.78 is 14.4. The van der Waals surface area contributed by atoms with Crippen LogP contribution in [0.25, 0.3) is 11.0 Å². The monoisotopic (exact) mass is 222 g/mol. The van der Waals surface area contributed by atoms with E-state index < -0.39 is 6.16 Å². The molecule has 2 rings (SSSR count). The molecule has 0 unspecified atom stereocenters. The standard InChI is InChI=1S/C11H10O5/c1-2-14-11(13)16-10-9(12)7-5-3-4-6-8(7)15-10/h3-6,12H,2H2,1H3. The molecule has 0 saturated carbocycles. The Kier molecular flexibility index (Phi) is 2.68. The Morgan fingerprint density at radius 1 is 1.44 bits per heavy atom. The van der Waals surface area contributed by atoms with Gasteiger partial charge in [0, 0.05) is 0 Å². The predicted molar refractivity (Wildman–Crippen MR) is 55.5 cm³/mol. The molecule has 0 saturated heterocycles. The van der Waals surface area contributed by atoms with Gasteiger partial charge in [0.15, 0.2) is 0 Å². The highest BCUT2D eigenvalue weighted by atomic mass is 16.8. The van der Waals surface area contributed by atoms with Crippen molar-refractivity contribution >= 4 is 17.1 Å². The molecule has 0 aliphatic heterocycles. The fraction of sp³-hybridized carbons (Fsp3) is 0.182. The second kappa shape index (κ2) is 4.14. The van der Waals surface area contributed by atoms with E-state index >= 15 is 0 Å². The molecule has 0 bridgehead atoms. The summed E-state index contributed by atoms with van der Waals surface area (Å²) in [6.45, 7) is 1.85. The van der Waals surface area contributed by atoms with Gasteiger partial charge in [0.2, 0.25) is 5.75 Å². The van der Waals surface area contributed by atoms with Crippen LogP contribution < -0.4 is 4.74 Å². The fourth-order valence-corrected chi connectivity index (χ4v) is 1.30. The number of carbonyl (C=O) groups is 1. The summed E-state index contributed by atoms with van der Waals surface area (Å²) in [5.41, 5.74) is 0.444. The molecular weight excluding hydrogens is 212 g/mol. The first kappa shape index (κ1) is 10.4. The van der Waals surface area contributed by atoms with E-state index in [2.05, 4.69) is 4.74 Å². The topological polar surface area (TPSA) is 68.9 Å². The van der Waals surface area contributed by atoms with Crippen LogP contribution in [0.15, 0.2) is 28.7 Å². The lowest BCUT2D eigenvalue weighted by molar-refractivity contribution is 0.0940. The fourth-order valence-electron chi connectivity index (χ4n) is 1.30. The quantitative estimate of drug-likeness (QED) is 0.791. The highest BCUT2D eigenvalue weighted by Crippen LogP contribution is 2.37. The molecule has 5 heteroatoms. The van der Waals surface area contributed by atoms with E-state index in [1.165, 1.54) is 0 Å². The highest BCUT2D eigenvalue weighted by Gasteiger charge is 2.17. The predicted octanol–water partition coefficient (Wildman–Crippen LogP) is 2.67. The van der Waals surface area contributed by atoms with Crippen LogP contribution in [-0.2, 0) is 4.74 Å². The van der Waals surface area contributed by atoms with Gasteiger partial charge in [-0.2, -0.15) is 0 Å². The summed E-state index contributed by atoms with van der Waals surface area (Å²) in [6.07, 6.45) is -0.906. The molecule has 0 aliphatic rings. The maximum Gasteiger partial charge on any atom is 0.516 e. The first-order valence-electron chi connectivity index (χ1n) is 4.77. The van der Waals surface area contributed by atoms with Crippen LogP contribution >= 0.6 is 0 Å². The van der Waals surface area contributed by atoms with E-state index in [1.54, 1.807) is 31.2 Å². The smallest absolute Gasteiger partial charge is 0.501 e. The summed E-state index contributed by atoms with van der Waals surface area (Å²) in [7, 11) is 0. The van der Waals surface area contributed by atoms with E-state index in [0.717, 1.165) is 0 Å². The molecule has 0 atom stereocenters. The third-order valence-electron chi connectivity index (χ3n) is 1.98. The summed E-state index contributed by atoms with van der Waals surface area (Å²) in [5.74, 6) is -0.455. The Balaban J connectivity index is 2.31. The van der Waals surface area contributed by atoms with E-state index in [-0.39, 0.29) is 18.3 Å². The summed E-state index contributed by atoms with van der Waals surface area (Å²) in [5, 5.41) is 10.2. The van der Waals surface area contributed by atoms with Gasteiger partial charge in [-0.25, -0.2) is 4.79 Å². The highest BCUT2D eigenvalue weighted by molar-refractivity contribution is 5.87. The van der Waals surface area contributed by atoms with Gasteiger partial charge in [-0.1, -0.05) is 12.1 Å². The zero-order valence-electron chi connectivity index (χ0n) is 8.60. The molecule has 0 fully saturated rings. The first-order chi connectivity index (χ1) is 7.72. The Morgan fingerprint density at radius 2 is 2.19 bits per heavy atom. The lowest BCUT2D eigenvalue weighted by atomic mass is 10.2. The molecule has 2 aromatic rings. The van der Waals surface area contributed by atoms with Gasteiger partial charge in [0.1, 0.15) is 5.58 Å². The molecule has 16 heavy (non-hydrogen) atoms. The minimum Gasteiger partial charge on any atom is -0.501 e. The van der Waals surface area contributed by atoms with Gasteiger partial charge in [0.05, 0.1) is 12.0 Å². The van der Waals surface area contributed by atoms with Gasteiger partial charge in [-0.3, -0.25) is 0 Å². The molecule has 1 heterocycles. The van der Waals surface area contributed by atoms with Gasteiger partial charge >= 0.3 is 12.1 Å². The van der Waals surface area contributed by atoms with Crippen LogP contribution in [0.3, 0.4) is 0 Å². The minimum atomic E-state index is -0.906. The summed E-state index contributed by atoms with van der Waals surface area (Å²) in [6, 6.07) is 6.81. The van der Waals surface area contributed by atoms with E-state index in [0.29, 0.717) is 11.0 Å². The molecular formula is C11H10O5. The van der Waals surface area contributed by atoms with E-state index in [9.17, 15) is 9.90 Å². The third-order valence-corrected chi connectivity index (χ3v) is 1.98. The van der Waals surface area contributed by atoms with Crippen molar-refractivity contribution in [1.82, 2.24) is 0 Å². The number of aromatic hydroxyl groups is 1. The number of fused-ring (bicyclic) bond motifs is 1. The molecule has 1 N–H and O–H groups in total. The number of benzene rings is 1. The number of furan rings is 1. The number of hydrogen-bond donors (Lipinski definition) is 1. The largest absolute Gasteiger partial charge is 0.516 e. The van der Waals surface area contributed by atoms with Crippen molar-refractivity contribution in [3.8, 4) is 11.7 Å². The molecule has 0 spiro atoms. The minimum absolute atomic E-state index is 0.194. The zero-order chi connectivity index (χ0) is 11.5. The number of para-hydroxylation sites is 1. The van der Waals surface area contributed by atoms with Crippen LogP contribution in [0, 0.1) is 0 Å². The van der Waals surface area contributed by atoms with Crippen LogP contribution in [0.1, 0.15) is 6.92 Å². The Labute approximate surface area is 91.2 Å². The van der Waals surface area contributed by atoms with Crippen molar-refractivity contribution in [3.05, 3.63) is 24.3 Å². The number of carbonyl (C=O) groups excluding carboxylic acids is 1. The van der Waals surface area contributed by atoms with E-state index in [4.69, 9.17) is 9.15 Å². The number of rotatable bonds is 2. The molecule has 84 valence electrons. The van der Waals surface area contributed by atoms with Crippen LogP contribution in [0.2, 0.25) is 0 Å². The SMILES string of the molecule is CCOC(=O)Oc1oc2ccccc2c1O. The normalized spacial score (nSPS) is 10.3. The summed E-state index contributed by atoms with van der Waals surface area (Å²) in [4.78, 5) is 11.0. The maximum atomic E-state index is 11.0. The average molecular weight is 222 g/mol. The maximum absolute atomic E-state index is 11.0. The number of hydrogen-bond acceptors (Lipinski definition) is 5.